The predicted molar refractivity (Wildman–Crippen MR) is 186 cm³/mol. The summed E-state index contributed by atoms with van der Waals surface area (Å²) in [7, 11) is 0. The molecule has 0 heteroatoms. The molecule has 0 heterocycles. The van der Waals surface area contributed by atoms with Crippen LogP contribution in [0.3, 0.4) is 0 Å². The van der Waals surface area contributed by atoms with Gasteiger partial charge in [-0.2, -0.15) is 0 Å². The zero-order chi connectivity index (χ0) is 30.6. The number of rotatable bonds is 10. The molecule has 1 rings (SSSR count). The Labute approximate surface area is 249 Å². The summed E-state index contributed by atoms with van der Waals surface area (Å²) in [6.07, 6.45) is 39.2. The summed E-state index contributed by atoms with van der Waals surface area (Å²) in [6.45, 7) is 26.0. The second-order valence-electron chi connectivity index (χ2n) is 12.0. The van der Waals surface area contributed by atoms with Crippen molar-refractivity contribution in [3.63, 3.8) is 0 Å². The molecule has 0 saturated carbocycles. The highest BCUT2D eigenvalue weighted by atomic mass is 14.3. The fraction of sp³-hybridized carbons (Fsp3) is 0.400. The van der Waals surface area contributed by atoms with Crippen molar-refractivity contribution in [2.45, 2.75) is 95.9 Å². The van der Waals surface area contributed by atoms with E-state index < -0.39 is 0 Å². The van der Waals surface area contributed by atoms with E-state index in [0.717, 1.165) is 0 Å². The van der Waals surface area contributed by atoms with Gasteiger partial charge in [0.25, 0.3) is 0 Å². The second kappa shape index (κ2) is 20.7. The van der Waals surface area contributed by atoms with Crippen LogP contribution in [-0.2, 0) is 0 Å². The molecule has 0 nitrogen and oxygen atoms in total. The number of hydrogen-bond donors (Lipinski definition) is 0. The highest BCUT2D eigenvalue weighted by molar-refractivity contribution is 5.32. The number of allylic oxidation sites excluding steroid dienone is 24. The summed E-state index contributed by atoms with van der Waals surface area (Å²) in [5.74, 6) is 0.533. The van der Waals surface area contributed by atoms with Gasteiger partial charge in [-0.3, -0.25) is 0 Å². The van der Waals surface area contributed by atoms with Crippen LogP contribution in [0.1, 0.15) is 95.9 Å². The Balaban J connectivity index is 0.00000277. The molecule has 1 aliphatic carbocycles. The minimum Gasteiger partial charge on any atom is -0.0890 e. The normalized spacial score (nSPS) is 19.0. The molecule has 0 radical (unpaired) electrons. The van der Waals surface area contributed by atoms with Gasteiger partial charge in [0.2, 0.25) is 0 Å². The molecule has 0 amide bonds. The monoisotopic (exact) mass is 538 g/mol. The Kier molecular flexibility index (Phi) is 19.1. The van der Waals surface area contributed by atoms with Crippen molar-refractivity contribution >= 4 is 0 Å². The van der Waals surface area contributed by atoms with Crippen LogP contribution in [0, 0.1) is 11.3 Å². The van der Waals surface area contributed by atoms with E-state index in [1.165, 1.54) is 51.9 Å². The van der Waals surface area contributed by atoms with Gasteiger partial charge >= 0.3 is 0 Å². The lowest BCUT2D eigenvalue weighted by Crippen LogP contribution is -2.26. The van der Waals surface area contributed by atoms with Gasteiger partial charge < -0.3 is 0 Å². The standard InChI is InChI=1S/C35H48.C5H10/c1-28(2)16-12-19-31(5)22-13-20-29(3)17-10-11-18-30(4)21-14-23-32(6)25-26-34-33(7)24-15-27-35(34,8)9;1-4-5(2)3/h10-14,16-26,34H,15,27H2,1-9H3;4H,1-3H3/b11-10+,19-12+,20-13+,21-14+,26-25+,29-17+,30-18+,31-22+,32-23+;/t34-;/m0./s1. The Hall–Kier alpha value is -3.12. The molecule has 0 aliphatic heterocycles. The Morgan fingerprint density at radius 1 is 0.625 bits per heavy atom. The summed E-state index contributed by atoms with van der Waals surface area (Å²) >= 11 is 0. The van der Waals surface area contributed by atoms with Crippen LogP contribution in [0.2, 0.25) is 0 Å². The smallest absolute Gasteiger partial charge is 0.00285 e. The Bertz CT molecular complexity index is 1130. The van der Waals surface area contributed by atoms with Gasteiger partial charge in [-0.25, -0.2) is 0 Å². The molecule has 0 fully saturated rings. The summed E-state index contributed by atoms with van der Waals surface area (Å²) in [6, 6.07) is 0. The maximum Gasteiger partial charge on any atom is 0.00285 e. The van der Waals surface area contributed by atoms with Crippen LogP contribution in [-0.4, -0.2) is 0 Å². The summed E-state index contributed by atoms with van der Waals surface area (Å²) in [4.78, 5) is 0. The summed E-state index contributed by atoms with van der Waals surface area (Å²) in [5, 5.41) is 0. The van der Waals surface area contributed by atoms with Crippen molar-refractivity contribution in [3.8, 4) is 0 Å². The molecule has 0 aromatic heterocycles. The van der Waals surface area contributed by atoms with Crippen molar-refractivity contribution < 1.29 is 0 Å². The van der Waals surface area contributed by atoms with Crippen molar-refractivity contribution in [2.75, 3.05) is 0 Å². The maximum absolute atomic E-state index is 2.40. The van der Waals surface area contributed by atoms with Crippen LogP contribution < -0.4 is 0 Å². The van der Waals surface area contributed by atoms with Gasteiger partial charge in [0.05, 0.1) is 0 Å². The first-order valence-electron chi connectivity index (χ1n) is 14.8. The van der Waals surface area contributed by atoms with E-state index in [4.69, 9.17) is 0 Å². The molecular formula is C40H58. The fourth-order valence-corrected chi connectivity index (χ4v) is 3.96. The van der Waals surface area contributed by atoms with E-state index in [2.05, 4.69) is 179 Å². The lowest BCUT2D eigenvalue weighted by Gasteiger charge is -2.36. The molecule has 0 aromatic rings. The number of hydrogen-bond acceptors (Lipinski definition) is 0. The minimum atomic E-state index is 0.345. The second-order valence-corrected chi connectivity index (χ2v) is 12.0. The molecule has 0 unspecified atom stereocenters. The van der Waals surface area contributed by atoms with Crippen LogP contribution in [0.4, 0.5) is 0 Å². The van der Waals surface area contributed by atoms with Crippen LogP contribution in [0.15, 0.2) is 142 Å². The third kappa shape index (κ3) is 19.0. The molecule has 0 saturated heterocycles. The molecule has 0 aromatic carbocycles. The average molecular weight is 539 g/mol. The Morgan fingerprint density at radius 2 is 1.02 bits per heavy atom. The van der Waals surface area contributed by atoms with E-state index in [1.807, 2.05) is 6.92 Å². The molecule has 40 heavy (non-hydrogen) atoms. The fourth-order valence-electron chi connectivity index (χ4n) is 3.96. The van der Waals surface area contributed by atoms with E-state index in [1.54, 1.807) is 0 Å². The van der Waals surface area contributed by atoms with Gasteiger partial charge in [0.15, 0.2) is 0 Å². The zero-order valence-corrected chi connectivity index (χ0v) is 27.8. The molecule has 218 valence electrons. The van der Waals surface area contributed by atoms with Crippen molar-refractivity contribution in [2.24, 2.45) is 11.3 Å². The van der Waals surface area contributed by atoms with Gasteiger partial charge in [-0.15, -0.1) is 0 Å². The molecular weight excluding hydrogens is 480 g/mol. The van der Waals surface area contributed by atoms with E-state index in [-0.39, 0.29) is 0 Å². The van der Waals surface area contributed by atoms with Crippen molar-refractivity contribution in [1.82, 2.24) is 0 Å². The largest absolute Gasteiger partial charge is 0.0890 e. The third-order valence-electron chi connectivity index (χ3n) is 6.77. The maximum atomic E-state index is 2.40. The minimum absolute atomic E-state index is 0.345. The predicted octanol–water partition coefficient (Wildman–Crippen LogP) is 12.9. The molecule has 0 bridgehead atoms. The van der Waals surface area contributed by atoms with Crippen LogP contribution in [0.5, 0.6) is 0 Å². The van der Waals surface area contributed by atoms with Crippen molar-refractivity contribution in [3.05, 3.63) is 142 Å². The SMILES string of the molecule is CC(C)=C/C=C/C(C)=C/C=C/C(C)=C/C=C/C=C(C)/C=C/C=C(C)/C=C/[C@H]1C(C)=CCCC1(C)C.CC=C(C)C. The first-order chi connectivity index (χ1) is 18.8. The van der Waals surface area contributed by atoms with E-state index in [0.29, 0.717) is 11.3 Å². The van der Waals surface area contributed by atoms with Gasteiger partial charge in [-0.1, -0.05) is 156 Å². The van der Waals surface area contributed by atoms with Gasteiger partial charge in [0, 0.05) is 5.92 Å². The summed E-state index contributed by atoms with van der Waals surface area (Å²) in [5.41, 5.74) is 9.49. The molecule has 0 spiro atoms. The van der Waals surface area contributed by atoms with Gasteiger partial charge in [0.1, 0.15) is 0 Å². The summed E-state index contributed by atoms with van der Waals surface area (Å²) < 4.78 is 0. The Morgan fingerprint density at radius 3 is 1.43 bits per heavy atom. The highest BCUT2D eigenvalue weighted by Gasteiger charge is 2.30. The third-order valence-corrected chi connectivity index (χ3v) is 6.77. The van der Waals surface area contributed by atoms with Crippen LogP contribution >= 0.6 is 0 Å². The molecule has 1 atom stereocenters. The lowest BCUT2D eigenvalue weighted by atomic mass is 9.68. The average Bonchev–Trinajstić information content (AvgIpc) is 2.86. The van der Waals surface area contributed by atoms with Crippen molar-refractivity contribution in [1.29, 1.82) is 0 Å². The highest BCUT2D eigenvalue weighted by Crippen LogP contribution is 2.41. The lowest BCUT2D eigenvalue weighted by molar-refractivity contribution is 0.255. The molecule has 1 aliphatic rings. The topological polar surface area (TPSA) is 0 Å². The molecule has 0 N–H and O–H groups in total. The first kappa shape index (κ1) is 36.9. The van der Waals surface area contributed by atoms with Gasteiger partial charge in [-0.05, 0) is 87.5 Å². The van der Waals surface area contributed by atoms with E-state index >= 15 is 0 Å². The van der Waals surface area contributed by atoms with E-state index in [9.17, 15) is 0 Å². The van der Waals surface area contributed by atoms with Crippen LogP contribution in [0.25, 0.3) is 0 Å². The first-order valence-corrected chi connectivity index (χ1v) is 14.8. The zero-order valence-electron chi connectivity index (χ0n) is 27.8. The quantitative estimate of drug-likeness (QED) is 0.192.